The Morgan fingerprint density at radius 3 is 2.74 bits per heavy atom. The van der Waals surface area contributed by atoms with Crippen molar-refractivity contribution in [2.45, 2.75) is 39.5 Å². The molecule has 8 nitrogen and oxygen atoms in total. The second kappa shape index (κ2) is 11.1. The van der Waals surface area contributed by atoms with Crippen LogP contribution in [0.3, 0.4) is 0 Å². The molecule has 0 saturated carbocycles. The number of aromatic nitrogens is 3. The van der Waals surface area contributed by atoms with Gasteiger partial charge in [0.1, 0.15) is 11.5 Å². The molecule has 35 heavy (non-hydrogen) atoms. The van der Waals surface area contributed by atoms with E-state index in [1.807, 2.05) is 17.0 Å². The van der Waals surface area contributed by atoms with Crippen molar-refractivity contribution in [2.24, 2.45) is 0 Å². The lowest BCUT2D eigenvalue weighted by molar-refractivity contribution is -0.140. The van der Waals surface area contributed by atoms with Gasteiger partial charge in [0, 0.05) is 31.1 Å². The monoisotopic (exact) mass is 500 g/mol. The lowest BCUT2D eigenvalue weighted by atomic mass is 10.1. The van der Waals surface area contributed by atoms with E-state index in [9.17, 15) is 14.0 Å². The highest BCUT2D eigenvalue weighted by Gasteiger charge is 2.22. The van der Waals surface area contributed by atoms with Gasteiger partial charge in [0.2, 0.25) is 5.83 Å². The van der Waals surface area contributed by atoms with Crippen LogP contribution >= 0.6 is 11.3 Å². The average molecular weight is 501 g/mol. The topological polar surface area (TPSA) is 86.0 Å². The van der Waals surface area contributed by atoms with Crippen molar-refractivity contribution in [3.63, 3.8) is 0 Å². The molecule has 0 aromatic carbocycles. The van der Waals surface area contributed by atoms with Crippen LogP contribution in [0.5, 0.6) is 0 Å². The van der Waals surface area contributed by atoms with Crippen molar-refractivity contribution in [3.05, 3.63) is 61.7 Å². The number of carbonyl (C=O) groups excluding carboxylic acids is 1. The normalized spacial score (nSPS) is 14.7. The quantitative estimate of drug-likeness (QED) is 0.344. The van der Waals surface area contributed by atoms with E-state index in [-0.39, 0.29) is 12.2 Å². The van der Waals surface area contributed by atoms with Gasteiger partial charge in [-0.25, -0.2) is 14.8 Å². The van der Waals surface area contributed by atoms with Gasteiger partial charge in [0.05, 0.1) is 36.1 Å². The van der Waals surface area contributed by atoms with Crippen LogP contribution in [0.15, 0.2) is 34.3 Å². The average Bonchev–Trinajstić information content (AvgIpc) is 3.34. The molecule has 0 bridgehead atoms. The molecule has 0 amide bonds. The third-order valence-corrected chi connectivity index (χ3v) is 6.68. The van der Waals surface area contributed by atoms with Crippen molar-refractivity contribution in [3.8, 4) is 0 Å². The molecule has 3 aromatic heterocycles. The number of ether oxygens (including phenoxy) is 2. The van der Waals surface area contributed by atoms with E-state index in [1.165, 1.54) is 4.40 Å². The summed E-state index contributed by atoms with van der Waals surface area (Å²) in [7, 11) is 0. The van der Waals surface area contributed by atoms with Crippen molar-refractivity contribution >= 4 is 34.8 Å². The Hall–Kier alpha value is -3.11. The Morgan fingerprint density at radius 1 is 1.29 bits per heavy atom. The largest absolute Gasteiger partial charge is 0.461 e. The van der Waals surface area contributed by atoms with Gasteiger partial charge < -0.3 is 14.4 Å². The number of halogens is 1. The zero-order valence-electron chi connectivity index (χ0n) is 20.1. The number of pyridine rings is 1. The Morgan fingerprint density at radius 2 is 2.06 bits per heavy atom. The van der Waals surface area contributed by atoms with Crippen LogP contribution in [0, 0.1) is 0 Å². The fraction of sp³-hybridized carbons (Fsp3) is 0.440. The smallest absolute Gasteiger partial charge is 0.367 e. The highest BCUT2D eigenvalue weighted by molar-refractivity contribution is 7.09. The van der Waals surface area contributed by atoms with Crippen LogP contribution in [-0.4, -0.2) is 53.2 Å². The first-order valence-electron chi connectivity index (χ1n) is 11.7. The van der Waals surface area contributed by atoms with E-state index in [0.717, 1.165) is 35.2 Å². The molecule has 10 heteroatoms. The Labute approximate surface area is 207 Å². The highest BCUT2D eigenvalue weighted by atomic mass is 32.1. The summed E-state index contributed by atoms with van der Waals surface area (Å²) in [5.41, 5.74) is 2.13. The number of fused-ring (bicyclic) bond motifs is 1. The lowest BCUT2D eigenvalue weighted by Gasteiger charge is -2.29. The van der Waals surface area contributed by atoms with Crippen molar-refractivity contribution in [1.29, 1.82) is 0 Å². The fourth-order valence-electron chi connectivity index (χ4n) is 3.82. The van der Waals surface area contributed by atoms with Crippen LogP contribution < -0.4 is 10.5 Å². The predicted octanol–water partition coefficient (Wildman–Crippen LogP) is 3.77. The van der Waals surface area contributed by atoms with Gasteiger partial charge in [-0.1, -0.05) is 13.8 Å². The first-order valence-corrected chi connectivity index (χ1v) is 12.6. The molecule has 1 fully saturated rings. The highest BCUT2D eigenvalue weighted by Crippen LogP contribution is 2.23. The summed E-state index contributed by atoms with van der Waals surface area (Å²) >= 11 is 1.66. The molecule has 186 valence electrons. The molecule has 1 aliphatic rings. The van der Waals surface area contributed by atoms with E-state index in [4.69, 9.17) is 19.4 Å². The number of nitrogens with zero attached hydrogens (tertiary/aromatic N) is 4. The molecule has 0 atom stereocenters. The number of thiazole rings is 1. The molecule has 1 aliphatic heterocycles. The number of rotatable bonds is 8. The van der Waals surface area contributed by atoms with E-state index in [0.29, 0.717) is 43.7 Å². The zero-order chi connectivity index (χ0) is 24.9. The van der Waals surface area contributed by atoms with Crippen LogP contribution in [-0.2, 0) is 27.1 Å². The lowest BCUT2D eigenvalue weighted by Crippen LogP contribution is -2.38. The van der Waals surface area contributed by atoms with Gasteiger partial charge in [-0.15, -0.1) is 11.3 Å². The first-order chi connectivity index (χ1) is 16.9. The number of hydrogen-bond donors (Lipinski definition) is 0. The van der Waals surface area contributed by atoms with Crippen molar-refractivity contribution in [2.75, 3.05) is 37.8 Å². The summed E-state index contributed by atoms with van der Waals surface area (Å²) in [4.78, 5) is 36.5. The molecule has 1 saturated heterocycles. The predicted molar refractivity (Wildman–Crippen MR) is 134 cm³/mol. The second-order valence-corrected chi connectivity index (χ2v) is 9.49. The number of carbonyl (C=O) groups is 1. The Kier molecular flexibility index (Phi) is 7.92. The fourth-order valence-corrected chi connectivity index (χ4v) is 4.78. The van der Waals surface area contributed by atoms with Crippen LogP contribution in [0.2, 0.25) is 0 Å². The van der Waals surface area contributed by atoms with Gasteiger partial charge in [0.15, 0.2) is 0 Å². The molecule has 0 N–H and O–H groups in total. The molecular formula is C25H29FN4O4S. The molecular weight excluding hydrogens is 471 g/mol. The van der Waals surface area contributed by atoms with E-state index >= 15 is 0 Å². The van der Waals surface area contributed by atoms with Gasteiger partial charge in [-0.2, -0.15) is 4.39 Å². The summed E-state index contributed by atoms with van der Waals surface area (Å²) in [5, 5.41) is 3.17. The molecule has 0 aliphatic carbocycles. The maximum Gasteiger partial charge on any atom is 0.367 e. The van der Waals surface area contributed by atoms with E-state index in [1.54, 1.807) is 24.5 Å². The van der Waals surface area contributed by atoms with Crippen molar-refractivity contribution in [1.82, 2.24) is 14.4 Å². The second-order valence-electron chi connectivity index (χ2n) is 8.55. The molecule has 3 aromatic rings. The number of hydrogen-bond acceptors (Lipinski definition) is 8. The Bertz CT molecular complexity index is 1290. The maximum absolute atomic E-state index is 14.5. The minimum Gasteiger partial charge on any atom is -0.461 e. The maximum atomic E-state index is 14.5. The Balaban J connectivity index is 1.69. The summed E-state index contributed by atoms with van der Waals surface area (Å²) in [6.07, 6.45) is 4.11. The third kappa shape index (κ3) is 5.76. The SMILES string of the molecule is CCOC(=O)C(F)=Cc1c(N2CCOCC2)nc2cc(CCc3nc(C(C)C)cs3)ccn2c1=O. The summed E-state index contributed by atoms with van der Waals surface area (Å²) < 4.78 is 26.1. The number of morpholine rings is 1. The molecule has 4 heterocycles. The van der Waals surface area contributed by atoms with Gasteiger partial charge >= 0.3 is 5.97 Å². The van der Waals surface area contributed by atoms with Crippen molar-refractivity contribution < 1.29 is 18.7 Å². The molecule has 4 rings (SSSR count). The van der Waals surface area contributed by atoms with Crippen LogP contribution in [0.1, 0.15) is 48.5 Å². The number of aryl methyl sites for hydroxylation is 2. The van der Waals surface area contributed by atoms with Gasteiger partial charge in [-0.3, -0.25) is 9.20 Å². The molecule has 0 unspecified atom stereocenters. The minimum atomic E-state index is -1.14. The first kappa shape index (κ1) is 25.0. The van der Waals surface area contributed by atoms with E-state index in [2.05, 4.69) is 19.2 Å². The van der Waals surface area contributed by atoms with Gasteiger partial charge in [0.25, 0.3) is 5.56 Å². The van der Waals surface area contributed by atoms with Crippen LogP contribution in [0.4, 0.5) is 10.2 Å². The summed E-state index contributed by atoms with van der Waals surface area (Å²) in [6, 6.07) is 3.73. The standard InChI is InChI=1S/C25H29FN4O4S/c1-4-34-25(32)19(26)14-18-23(29-9-11-33-12-10-29)28-21-13-17(7-8-30(21)24(18)31)5-6-22-27-20(15-35-22)16(2)3/h7-8,13-16H,4-6,9-12H2,1-3H3. The summed E-state index contributed by atoms with van der Waals surface area (Å²) in [5.74, 6) is -1.52. The number of esters is 1. The third-order valence-electron chi connectivity index (χ3n) is 5.75. The molecule has 0 radical (unpaired) electrons. The zero-order valence-corrected chi connectivity index (χ0v) is 20.9. The summed E-state index contributed by atoms with van der Waals surface area (Å²) in [6.45, 7) is 7.83. The number of anilines is 1. The van der Waals surface area contributed by atoms with E-state index < -0.39 is 17.4 Å². The van der Waals surface area contributed by atoms with Crippen LogP contribution in [0.25, 0.3) is 11.7 Å². The minimum absolute atomic E-state index is 0.00621. The van der Waals surface area contributed by atoms with Gasteiger partial charge in [-0.05, 0) is 43.0 Å². The molecule has 0 spiro atoms.